The van der Waals surface area contributed by atoms with E-state index in [4.69, 9.17) is 9.47 Å². The van der Waals surface area contributed by atoms with Crippen molar-refractivity contribution in [2.75, 3.05) is 26.2 Å². The highest BCUT2D eigenvalue weighted by Crippen LogP contribution is 2.14. The Hall–Kier alpha value is -0.330. The quantitative estimate of drug-likeness (QED) is 0.549. The lowest BCUT2D eigenvalue weighted by molar-refractivity contribution is -0.0682. The fourth-order valence-corrected chi connectivity index (χ4v) is 2.98. The van der Waals surface area contributed by atoms with Crippen LogP contribution in [0.4, 0.5) is 0 Å². The largest absolute Gasteiger partial charge is 0.494 e. The van der Waals surface area contributed by atoms with Crippen LogP contribution >= 0.6 is 22.6 Å². The molecule has 0 aromatic heterocycles. The minimum Gasteiger partial charge on any atom is -0.494 e. The first kappa shape index (κ1) is 16.0. The number of nitrogens with zero attached hydrogens (tertiary/aromatic N) is 1. The zero-order valence-electron chi connectivity index (χ0n) is 12.3. The maximum Gasteiger partial charge on any atom is 0.119 e. The van der Waals surface area contributed by atoms with E-state index in [1.54, 1.807) is 0 Å². The molecular formula is C16H24INO2. The Labute approximate surface area is 135 Å². The van der Waals surface area contributed by atoms with Gasteiger partial charge in [-0.2, -0.15) is 0 Å². The molecule has 1 aliphatic rings. The number of rotatable bonds is 6. The molecule has 1 saturated heterocycles. The average molecular weight is 389 g/mol. The van der Waals surface area contributed by atoms with Gasteiger partial charge in [0.25, 0.3) is 0 Å². The maximum atomic E-state index is 5.75. The molecule has 2 unspecified atom stereocenters. The Balaban J connectivity index is 1.58. The van der Waals surface area contributed by atoms with E-state index < -0.39 is 0 Å². The number of benzene rings is 1. The van der Waals surface area contributed by atoms with Crippen LogP contribution in [0.1, 0.15) is 26.7 Å². The molecule has 20 heavy (non-hydrogen) atoms. The predicted molar refractivity (Wildman–Crippen MR) is 90.3 cm³/mol. The monoisotopic (exact) mass is 389 g/mol. The molecule has 1 aliphatic heterocycles. The highest BCUT2D eigenvalue weighted by molar-refractivity contribution is 14.1. The highest BCUT2D eigenvalue weighted by Gasteiger charge is 2.21. The van der Waals surface area contributed by atoms with E-state index >= 15 is 0 Å². The van der Waals surface area contributed by atoms with Gasteiger partial charge < -0.3 is 9.47 Å². The predicted octanol–water partition coefficient (Wildman–Crippen LogP) is 3.56. The zero-order chi connectivity index (χ0) is 14.4. The van der Waals surface area contributed by atoms with Crippen LogP contribution in [0.5, 0.6) is 5.75 Å². The summed E-state index contributed by atoms with van der Waals surface area (Å²) in [5.74, 6) is 0.971. The first-order chi connectivity index (χ1) is 9.63. The van der Waals surface area contributed by atoms with Crippen molar-refractivity contribution in [3.8, 4) is 5.75 Å². The molecule has 0 saturated carbocycles. The normalized spacial score (nSPS) is 23.8. The number of hydrogen-bond acceptors (Lipinski definition) is 3. The second-order valence-electron chi connectivity index (χ2n) is 5.53. The van der Waals surface area contributed by atoms with Gasteiger partial charge in [-0.1, -0.05) is 0 Å². The van der Waals surface area contributed by atoms with Crippen molar-refractivity contribution >= 4 is 22.6 Å². The van der Waals surface area contributed by atoms with Gasteiger partial charge in [-0.15, -0.1) is 0 Å². The van der Waals surface area contributed by atoms with Crippen LogP contribution in [0.3, 0.4) is 0 Å². The van der Waals surface area contributed by atoms with Crippen molar-refractivity contribution in [1.29, 1.82) is 0 Å². The van der Waals surface area contributed by atoms with E-state index in [1.807, 2.05) is 12.1 Å². The van der Waals surface area contributed by atoms with E-state index in [0.29, 0.717) is 12.2 Å². The van der Waals surface area contributed by atoms with Crippen LogP contribution in [0.15, 0.2) is 24.3 Å². The standard InChI is InChI=1S/C16H24INO2/c1-13-11-18(12-14(2)20-13)9-3-4-10-19-16-7-5-15(17)6-8-16/h5-8,13-14H,3-4,9-12H2,1-2H3. The van der Waals surface area contributed by atoms with Gasteiger partial charge in [-0.3, -0.25) is 4.90 Å². The smallest absolute Gasteiger partial charge is 0.119 e. The third kappa shape index (κ3) is 5.58. The van der Waals surface area contributed by atoms with Crippen molar-refractivity contribution in [1.82, 2.24) is 4.90 Å². The van der Waals surface area contributed by atoms with Gasteiger partial charge in [0.1, 0.15) is 5.75 Å². The third-order valence-electron chi connectivity index (χ3n) is 3.45. The van der Waals surface area contributed by atoms with Crippen LogP contribution in [-0.4, -0.2) is 43.3 Å². The maximum absolute atomic E-state index is 5.75. The Morgan fingerprint density at radius 1 is 1.15 bits per heavy atom. The molecule has 0 spiro atoms. The van der Waals surface area contributed by atoms with Gasteiger partial charge in [-0.25, -0.2) is 0 Å². The summed E-state index contributed by atoms with van der Waals surface area (Å²) in [4.78, 5) is 2.50. The average Bonchev–Trinajstić information content (AvgIpc) is 2.39. The van der Waals surface area contributed by atoms with Crippen LogP contribution in [0.25, 0.3) is 0 Å². The first-order valence-electron chi connectivity index (χ1n) is 7.39. The van der Waals surface area contributed by atoms with Crippen molar-refractivity contribution in [2.45, 2.75) is 38.9 Å². The van der Waals surface area contributed by atoms with E-state index in [9.17, 15) is 0 Å². The molecule has 0 radical (unpaired) electrons. The van der Waals surface area contributed by atoms with Crippen molar-refractivity contribution in [3.63, 3.8) is 0 Å². The molecule has 1 fully saturated rings. The molecule has 0 N–H and O–H groups in total. The molecule has 0 amide bonds. The molecule has 0 aliphatic carbocycles. The second kappa shape index (κ2) is 8.20. The molecule has 2 rings (SSSR count). The van der Waals surface area contributed by atoms with Gasteiger partial charge in [0.05, 0.1) is 18.8 Å². The number of halogens is 1. The molecule has 4 heteroatoms. The summed E-state index contributed by atoms with van der Waals surface area (Å²) in [5, 5.41) is 0. The molecule has 1 heterocycles. The minimum atomic E-state index is 0.363. The van der Waals surface area contributed by atoms with Crippen molar-refractivity contribution in [3.05, 3.63) is 27.8 Å². The number of morpholine rings is 1. The Kier molecular flexibility index (Phi) is 6.58. The van der Waals surface area contributed by atoms with E-state index in [1.165, 1.54) is 9.99 Å². The molecular weight excluding hydrogens is 365 g/mol. The lowest BCUT2D eigenvalue weighted by Crippen LogP contribution is -2.45. The van der Waals surface area contributed by atoms with E-state index in [-0.39, 0.29) is 0 Å². The Bertz CT molecular complexity index is 386. The van der Waals surface area contributed by atoms with Gasteiger partial charge in [0.15, 0.2) is 0 Å². The Morgan fingerprint density at radius 2 is 1.80 bits per heavy atom. The van der Waals surface area contributed by atoms with Crippen LogP contribution in [0.2, 0.25) is 0 Å². The molecule has 3 nitrogen and oxygen atoms in total. The van der Waals surface area contributed by atoms with Gasteiger partial charge in [0.2, 0.25) is 0 Å². The fraction of sp³-hybridized carbons (Fsp3) is 0.625. The van der Waals surface area contributed by atoms with Gasteiger partial charge in [0, 0.05) is 16.7 Å². The lowest BCUT2D eigenvalue weighted by atomic mass is 10.2. The SMILES string of the molecule is CC1CN(CCCCOc2ccc(I)cc2)CC(C)O1. The zero-order valence-corrected chi connectivity index (χ0v) is 14.5. The molecule has 2 atom stereocenters. The minimum absolute atomic E-state index is 0.363. The third-order valence-corrected chi connectivity index (χ3v) is 4.17. The fourth-order valence-electron chi connectivity index (χ4n) is 2.63. The number of ether oxygens (including phenoxy) is 2. The van der Waals surface area contributed by atoms with E-state index in [0.717, 1.165) is 38.4 Å². The van der Waals surface area contributed by atoms with Crippen molar-refractivity contribution in [2.24, 2.45) is 0 Å². The van der Waals surface area contributed by atoms with Gasteiger partial charge in [-0.05, 0) is 80.1 Å². The first-order valence-corrected chi connectivity index (χ1v) is 8.47. The van der Waals surface area contributed by atoms with E-state index in [2.05, 4.69) is 53.5 Å². The van der Waals surface area contributed by atoms with Crippen LogP contribution in [-0.2, 0) is 4.74 Å². The molecule has 1 aromatic carbocycles. The molecule has 0 bridgehead atoms. The van der Waals surface area contributed by atoms with Crippen molar-refractivity contribution < 1.29 is 9.47 Å². The highest BCUT2D eigenvalue weighted by atomic mass is 127. The number of unbranched alkanes of at least 4 members (excludes halogenated alkanes) is 1. The summed E-state index contributed by atoms with van der Waals surface area (Å²) in [6.07, 6.45) is 3.01. The summed E-state index contributed by atoms with van der Waals surface area (Å²) >= 11 is 2.30. The summed E-state index contributed by atoms with van der Waals surface area (Å²) < 4.78 is 12.7. The summed E-state index contributed by atoms with van der Waals surface area (Å²) in [6.45, 7) is 8.37. The second-order valence-corrected chi connectivity index (χ2v) is 6.77. The summed E-state index contributed by atoms with van der Waals surface area (Å²) in [7, 11) is 0. The molecule has 1 aromatic rings. The number of hydrogen-bond donors (Lipinski definition) is 0. The lowest BCUT2D eigenvalue weighted by Gasteiger charge is -2.35. The van der Waals surface area contributed by atoms with Crippen LogP contribution < -0.4 is 4.74 Å². The van der Waals surface area contributed by atoms with Crippen LogP contribution in [0, 0.1) is 3.57 Å². The van der Waals surface area contributed by atoms with Gasteiger partial charge >= 0.3 is 0 Å². The topological polar surface area (TPSA) is 21.7 Å². The molecule has 112 valence electrons. The Morgan fingerprint density at radius 3 is 2.45 bits per heavy atom. The summed E-state index contributed by atoms with van der Waals surface area (Å²) in [5.41, 5.74) is 0. The summed E-state index contributed by atoms with van der Waals surface area (Å²) in [6, 6.07) is 8.22.